The Balaban J connectivity index is 4.45. The number of hydrogen-bond donors (Lipinski definition) is 1. The van der Waals surface area contributed by atoms with Crippen molar-refractivity contribution in [3.05, 3.63) is 0 Å². The minimum Gasteiger partial charge on any atom is -0.353 e. The van der Waals surface area contributed by atoms with Crippen LogP contribution in [0.2, 0.25) is 0 Å². The molecule has 0 fully saturated rings. The van der Waals surface area contributed by atoms with Crippen molar-refractivity contribution in [1.29, 1.82) is 5.26 Å². The molecule has 0 rings (SSSR count). The van der Waals surface area contributed by atoms with Crippen LogP contribution in [0.4, 0.5) is 0 Å². The largest absolute Gasteiger partial charge is 0.353 e. The molecule has 0 aromatic carbocycles. The van der Waals surface area contributed by atoms with E-state index in [9.17, 15) is 10.1 Å². The first kappa shape index (κ1) is 17.9. The number of hydrogen-bond acceptors (Lipinski definition) is 3. The van der Waals surface area contributed by atoms with Crippen LogP contribution in [-0.2, 0) is 4.79 Å². The van der Waals surface area contributed by atoms with E-state index in [1.165, 1.54) is 0 Å². The first-order valence-corrected chi connectivity index (χ1v) is 7.33. The molecule has 4 nitrogen and oxygen atoms in total. The van der Waals surface area contributed by atoms with E-state index >= 15 is 0 Å². The van der Waals surface area contributed by atoms with E-state index in [2.05, 4.69) is 30.1 Å². The van der Waals surface area contributed by atoms with Gasteiger partial charge in [0.05, 0.1) is 6.07 Å². The lowest BCUT2D eigenvalue weighted by atomic mass is 9.80. The van der Waals surface area contributed by atoms with E-state index in [4.69, 9.17) is 0 Å². The fourth-order valence-corrected chi connectivity index (χ4v) is 2.14. The number of nitrogens with one attached hydrogen (secondary N) is 1. The van der Waals surface area contributed by atoms with Crippen molar-refractivity contribution in [1.82, 2.24) is 10.2 Å². The van der Waals surface area contributed by atoms with Gasteiger partial charge in [-0.1, -0.05) is 26.7 Å². The highest BCUT2D eigenvalue weighted by Crippen LogP contribution is 2.29. The quantitative estimate of drug-likeness (QED) is 0.698. The number of nitriles is 1. The van der Waals surface area contributed by atoms with Crippen LogP contribution >= 0.6 is 0 Å². The minimum atomic E-state index is -0.833. The highest BCUT2D eigenvalue weighted by Gasteiger charge is 2.36. The standard InChI is InChI=1S/C15H29N3O/c1-6-8-15(12-16,9-7-2)14(19)17-10-11-18(5)13(3)4/h13H,6-11H2,1-5H3,(H,17,19). The van der Waals surface area contributed by atoms with Gasteiger partial charge < -0.3 is 10.2 Å². The second-order valence-corrected chi connectivity index (χ2v) is 5.52. The number of nitrogens with zero attached hydrogens (tertiary/aromatic N) is 2. The smallest absolute Gasteiger partial charge is 0.240 e. The summed E-state index contributed by atoms with van der Waals surface area (Å²) in [5.74, 6) is -0.101. The molecule has 0 radical (unpaired) electrons. The summed E-state index contributed by atoms with van der Waals surface area (Å²) < 4.78 is 0. The van der Waals surface area contributed by atoms with Gasteiger partial charge in [-0.05, 0) is 33.7 Å². The summed E-state index contributed by atoms with van der Waals surface area (Å²) in [7, 11) is 2.03. The monoisotopic (exact) mass is 267 g/mol. The molecule has 0 heterocycles. The first-order chi connectivity index (χ1) is 8.93. The van der Waals surface area contributed by atoms with Gasteiger partial charge >= 0.3 is 0 Å². The SMILES string of the molecule is CCCC(C#N)(CCC)C(=O)NCCN(C)C(C)C. The van der Waals surface area contributed by atoms with Gasteiger partial charge in [0.1, 0.15) is 5.41 Å². The highest BCUT2D eigenvalue weighted by atomic mass is 16.2. The fourth-order valence-electron chi connectivity index (χ4n) is 2.14. The van der Waals surface area contributed by atoms with E-state index in [0.29, 0.717) is 25.4 Å². The minimum absolute atomic E-state index is 0.101. The summed E-state index contributed by atoms with van der Waals surface area (Å²) in [6.45, 7) is 9.68. The van der Waals surface area contributed by atoms with Gasteiger partial charge in [0.25, 0.3) is 0 Å². The number of likely N-dealkylation sites (N-methyl/N-ethyl adjacent to an activating group) is 1. The van der Waals surface area contributed by atoms with Crippen LogP contribution in [-0.4, -0.2) is 37.0 Å². The summed E-state index contributed by atoms with van der Waals surface area (Å²) in [6.07, 6.45) is 2.99. The number of rotatable bonds is 9. The van der Waals surface area contributed by atoms with Crippen LogP contribution in [0.25, 0.3) is 0 Å². The van der Waals surface area contributed by atoms with E-state index in [1.54, 1.807) is 0 Å². The van der Waals surface area contributed by atoms with Crippen molar-refractivity contribution >= 4 is 5.91 Å². The van der Waals surface area contributed by atoms with E-state index < -0.39 is 5.41 Å². The van der Waals surface area contributed by atoms with Crippen molar-refractivity contribution in [2.24, 2.45) is 5.41 Å². The molecule has 0 aliphatic carbocycles. The van der Waals surface area contributed by atoms with Gasteiger partial charge in [0.15, 0.2) is 0 Å². The molecule has 0 bridgehead atoms. The molecule has 110 valence electrons. The molecule has 19 heavy (non-hydrogen) atoms. The molecule has 0 spiro atoms. The second-order valence-electron chi connectivity index (χ2n) is 5.52. The Morgan fingerprint density at radius 2 is 1.84 bits per heavy atom. The second kappa shape index (κ2) is 8.92. The predicted octanol–water partition coefficient (Wildman–Crippen LogP) is 2.55. The molecular weight excluding hydrogens is 238 g/mol. The molecule has 0 atom stereocenters. The molecule has 0 saturated heterocycles. The van der Waals surface area contributed by atoms with Gasteiger partial charge in [0, 0.05) is 19.1 Å². The van der Waals surface area contributed by atoms with Crippen molar-refractivity contribution in [3.8, 4) is 6.07 Å². The van der Waals surface area contributed by atoms with E-state index in [-0.39, 0.29) is 5.91 Å². The third-order valence-corrected chi connectivity index (χ3v) is 3.63. The van der Waals surface area contributed by atoms with Gasteiger partial charge in [-0.2, -0.15) is 5.26 Å². The molecule has 1 amide bonds. The van der Waals surface area contributed by atoms with Crippen molar-refractivity contribution < 1.29 is 4.79 Å². The van der Waals surface area contributed by atoms with E-state index in [1.807, 2.05) is 20.9 Å². The molecule has 1 N–H and O–H groups in total. The summed E-state index contributed by atoms with van der Waals surface area (Å²) in [6, 6.07) is 2.71. The maximum absolute atomic E-state index is 12.3. The normalized spacial score (nSPS) is 11.7. The van der Waals surface area contributed by atoms with Gasteiger partial charge in [-0.15, -0.1) is 0 Å². The average molecular weight is 267 g/mol. The zero-order valence-corrected chi connectivity index (χ0v) is 13.1. The zero-order valence-electron chi connectivity index (χ0n) is 13.1. The molecule has 0 aromatic heterocycles. The lowest BCUT2D eigenvalue weighted by Gasteiger charge is -2.26. The van der Waals surface area contributed by atoms with Crippen LogP contribution in [0.5, 0.6) is 0 Å². The van der Waals surface area contributed by atoms with Crippen LogP contribution in [0.15, 0.2) is 0 Å². The highest BCUT2D eigenvalue weighted by molar-refractivity contribution is 5.85. The molecule has 0 saturated carbocycles. The number of carbonyl (C=O) groups is 1. The molecule has 0 aliphatic heterocycles. The Morgan fingerprint density at radius 1 is 1.32 bits per heavy atom. The van der Waals surface area contributed by atoms with Crippen molar-refractivity contribution in [3.63, 3.8) is 0 Å². The fraction of sp³-hybridized carbons (Fsp3) is 0.867. The molecular formula is C15H29N3O. The lowest BCUT2D eigenvalue weighted by molar-refractivity contribution is -0.129. The lowest BCUT2D eigenvalue weighted by Crippen LogP contribution is -2.43. The Kier molecular flexibility index (Phi) is 8.42. The summed E-state index contributed by atoms with van der Waals surface area (Å²) in [4.78, 5) is 14.4. The average Bonchev–Trinajstić information content (AvgIpc) is 2.37. The Bertz CT molecular complexity index is 301. The summed E-state index contributed by atoms with van der Waals surface area (Å²) >= 11 is 0. The topological polar surface area (TPSA) is 56.1 Å². The van der Waals surface area contributed by atoms with Crippen LogP contribution < -0.4 is 5.32 Å². The Hall–Kier alpha value is -1.08. The first-order valence-electron chi connectivity index (χ1n) is 7.33. The van der Waals surface area contributed by atoms with Crippen LogP contribution in [0.1, 0.15) is 53.4 Å². The summed E-state index contributed by atoms with van der Waals surface area (Å²) in [5.41, 5.74) is -0.833. The molecule has 0 aliphatic rings. The number of carbonyl (C=O) groups excluding carboxylic acids is 1. The summed E-state index contributed by atoms with van der Waals surface area (Å²) in [5, 5.41) is 12.3. The molecule has 0 aromatic rings. The van der Waals surface area contributed by atoms with Crippen LogP contribution in [0.3, 0.4) is 0 Å². The maximum Gasteiger partial charge on any atom is 0.240 e. The predicted molar refractivity (Wildman–Crippen MR) is 78.6 cm³/mol. The Morgan fingerprint density at radius 3 is 2.21 bits per heavy atom. The third-order valence-electron chi connectivity index (χ3n) is 3.63. The van der Waals surface area contributed by atoms with E-state index in [0.717, 1.165) is 19.4 Å². The maximum atomic E-state index is 12.3. The zero-order chi connectivity index (χ0) is 14.9. The van der Waals surface area contributed by atoms with Crippen molar-refractivity contribution in [2.45, 2.75) is 59.4 Å². The van der Waals surface area contributed by atoms with Crippen LogP contribution in [0, 0.1) is 16.7 Å². The third kappa shape index (κ3) is 5.61. The van der Waals surface area contributed by atoms with Gasteiger partial charge in [0.2, 0.25) is 5.91 Å². The molecule has 0 unspecified atom stereocenters. The van der Waals surface area contributed by atoms with Crippen molar-refractivity contribution in [2.75, 3.05) is 20.1 Å². The number of amides is 1. The Labute approximate surface area is 118 Å². The van der Waals surface area contributed by atoms with Gasteiger partial charge in [-0.25, -0.2) is 0 Å². The van der Waals surface area contributed by atoms with Gasteiger partial charge in [-0.3, -0.25) is 4.79 Å². The molecule has 4 heteroatoms.